The van der Waals surface area contributed by atoms with E-state index >= 15 is 0 Å². The van der Waals surface area contributed by atoms with Crippen LogP contribution in [0.5, 0.6) is 0 Å². The van der Waals surface area contributed by atoms with E-state index in [4.69, 9.17) is 18.5 Å². The van der Waals surface area contributed by atoms with Crippen LogP contribution in [0.25, 0.3) is 0 Å². The van der Waals surface area contributed by atoms with Crippen molar-refractivity contribution in [2.45, 2.75) is 19.4 Å². The maximum atomic E-state index is 11.0. The minimum absolute atomic E-state index is 0.0501. The van der Waals surface area contributed by atoms with E-state index in [1.807, 2.05) is 13.6 Å². The number of rotatable bonds is 4. The van der Waals surface area contributed by atoms with Crippen LogP contribution >= 0.6 is 16.0 Å². The number of hydrogen-bond acceptors (Lipinski definition) is 4. The molecule has 0 aromatic heterocycles. The Bertz CT molecular complexity index is 241. The molecule has 4 unspecified atom stereocenters. The summed E-state index contributed by atoms with van der Waals surface area (Å²) in [7, 11) is -4.18. The first-order chi connectivity index (χ1) is 6.92. The molecule has 90 valence electrons. The van der Waals surface area contributed by atoms with Gasteiger partial charge in [0, 0.05) is 19.2 Å². The molecule has 0 aromatic carbocycles. The summed E-state index contributed by atoms with van der Waals surface area (Å²) in [6.07, 6.45) is 0.935. The number of hydrogen-bond donors (Lipinski definition) is 1. The topological polar surface area (TPSA) is 65.0 Å². The monoisotopic (exact) mass is 256 g/mol. The maximum Gasteiger partial charge on any atom is 0.325 e. The molecule has 4 atom stereocenters. The van der Waals surface area contributed by atoms with Crippen molar-refractivity contribution in [1.82, 2.24) is 0 Å². The van der Waals surface area contributed by atoms with E-state index in [1.54, 1.807) is 0 Å². The van der Waals surface area contributed by atoms with Crippen molar-refractivity contribution < 1.29 is 23.0 Å². The molecule has 0 aromatic rings. The Kier molecular flexibility index (Phi) is 5.17. The predicted octanol–water partition coefficient (Wildman–Crippen LogP) is 2.20. The van der Waals surface area contributed by atoms with Crippen molar-refractivity contribution in [3.05, 3.63) is 0 Å². The van der Waals surface area contributed by atoms with Gasteiger partial charge in [-0.25, -0.2) is 0 Å². The lowest BCUT2D eigenvalue weighted by Gasteiger charge is -2.33. The third-order valence-corrected chi connectivity index (χ3v) is 3.92. The molecule has 0 spiro atoms. The van der Waals surface area contributed by atoms with Crippen LogP contribution in [0.1, 0.15) is 13.3 Å². The van der Waals surface area contributed by atoms with Crippen LogP contribution in [-0.2, 0) is 18.1 Å². The zero-order chi connectivity index (χ0) is 11.5. The standard InChI is InChI=1S/C8H18O5P2/c1-4-8-7(5-11-14(2)13-8)6-12-15(3,9)10/h7-8H,4-6H2,1-3H3,(H,9,10). The molecule has 1 saturated heterocycles. The van der Waals surface area contributed by atoms with Gasteiger partial charge < -0.3 is 18.5 Å². The molecule has 1 N–H and O–H groups in total. The molecular weight excluding hydrogens is 238 g/mol. The van der Waals surface area contributed by atoms with Gasteiger partial charge in [-0.15, -0.1) is 0 Å². The van der Waals surface area contributed by atoms with Crippen LogP contribution in [0.3, 0.4) is 0 Å². The zero-order valence-electron chi connectivity index (χ0n) is 9.25. The van der Waals surface area contributed by atoms with Gasteiger partial charge in [0.15, 0.2) is 8.38 Å². The van der Waals surface area contributed by atoms with Crippen LogP contribution in [0, 0.1) is 5.92 Å². The first-order valence-corrected chi connectivity index (χ1v) is 8.55. The van der Waals surface area contributed by atoms with Gasteiger partial charge in [0.25, 0.3) is 0 Å². The SMILES string of the molecule is CCC1OP(C)OCC1COP(C)(=O)O. The normalized spacial score (nSPS) is 36.1. The highest BCUT2D eigenvalue weighted by Gasteiger charge is 2.30. The summed E-state index contributed by atoms with van der Waals surface area (Å²) >= 11 is 0. The molecule has 0 radical (unpaired) electrons. The van der Waals surface area contributed by atoms with Gasteiger partial charge in [-0.1, -0.05) is 6.92 Å². The Balaban J connectivity index is 2.42. The summed E-state index contributed by atoms with van der Waals surface area (Å²) in [5, 5.41) is 0. The van der Waals surface area contributed by atoms with Crippen molar-refractivity contribution in [1.29, 1.82) is 0 Å². The molecule has 0 aliphatic carbocycles. The largest absolute Gasteiger partial charge is 0.334 e. The molecule has 1 heterocycles. The molecule has 0 amide bonds. The molecule has 0 saturated carbocycles. The quantitative estimate of drug-likeness (QED) is 0.781. The van der Waals surface area contributed by atoms with Gasteiger partial charge in [-0.3, -0.25) is 4.57 Å². The van der Waals surface area contributed by atoms with E-state index in [-0.39, 0.29) is 18.6 Å². The fraction of sp³-hybridized carbons (Fsp3) is 1.00. The van der Waals surface area contributed by atoms with E-state index in [2.05, 4.69) is 0 Å². The third-order valence-electron chi connectivity index (χ3n) is 2.21. The van der Waals surface area contributed by atoms with E-state index in [9.17, 15) is 4.57 Å². The van der Waals surface area contributed by atoms with Crippen molar-refractivity contribution >= 4 is 16.0 Å². The fourth-order valence-electron chi connectivity index (χ4n) is 1.41. The summed E-state index contributed by atoms with van der Waals surface area (Å²) in [4.78, 5) is 9.01. The smallest absolute Gasteiger partial charge is 0.325 e. The molecule has 15 heavy (non-hydrogen) atoms. The summed E-state index contributed by atoms with van der Waals surface area (Å²) < 4.78 is 26.9. The van der Waals surface area contributed by atoms with E-state index in [0.29, 0.717) is 6.61 Å². The maximum absolute atomic E-state index is 11.0. The van der Waals surface area contributed by atoms with Gasteiger partial charge in [-0.05, 0) is 6.42 Å². The highest BCUT2D eigenvalue weighted by Crippen LogP contribution is 2.44. The predicted molar refractivity (Wildman–Crippen MR) is 59.2 cm³/mol. The molecule has 0 bridgehead atoms. The molecular formula is C8H18O5P2. The van der Waals surface area contributed by atoms with Crippen LogP contribution in [0.15, 0.2) is 0 Å². The van der Waals surface area contributed by atoms with Gasteiger partial charge in [0.1, 0.15) is 0 Å². The lowest BCUT2D eigenvalue weighted by Crippen LogP contribution is -2.33. The molecule has 7 heteroatoms. The van der Waals surface area contributed by atoms with Crippen molar-refractivity contribution in [3.8, 4) is 0 Å². The molecule has 1 aliphatic rings. The third kappa shape index (κ3) is 4.90. The minimum atomic E-state index is -3.39. The minimum Gasteiger partial charge on any atom is -0.334 e. The second-order valence-electron chi connectivity index (χ2n) is 3.65. The van der Waals surface area contributed by atoms with Gasteiger partial charge in [-0.2, -0.15) is 0 Å². The Hall–Kier alpha value is 0.500. The van der Waals surface area contributed by atoms with Gasteiger partial charge >= 0.3 is 7.60 Å². The summed E-state index contributed by atoms with van der Waals surface area (Å²) in [6.45, 7) is 5.88. The summed E-state index contributed by atoms with van der Waals surface area (Å²) in [5.41, 5.74) is 0. The molecule has 1 fully saturated rings. The van der Waals surface area contributed by atoms with Crippen LogP contribution in [0.2, 0.25) is 0 Å². The van der Waals surface area contributed by atoms with E-state index in [0.717, 1.165) is 6.42 Å². The highest BCUT2D eigenvalue weighted by molar-refractivity contribution is 7.51. The van der Waals surface area contributed by atoms with Crippen molar-refractivity contribution in [3.63, 3.8) is 0 Å². The molecule has 1 aliphatic heterocycles. The first kappa shape index (κ1) is 13.6. The highest BCUT2D eigenvalue weighted by atomic mass is 31.2. The molecule has 5 nitrogen and oxygen atoms in total. The zero-order valence-corrected chi connectivity index (χ0v) is 11.0. The Morgan fingerprint density at radius 2 is 2.33 bits per heavy atom. The van der Waals surface area contributed by atoms with Gasteiger partial charge in [0.05, 0.1) is 19.3 Å². The van der Waals surface area contributed by atoms with E-state index < -0.39 is 16.0 Å². The first-order valence-electron chi connectivity index (χ1n) is 4.90. The lowest BCUT2D eigenvalue weighted by atomic mass is 10.0. The average Bonchev–Trinajstić information content (AvgIpc) is 2.14. The summed E-state index contributed by atoms with van der Waals surface area (Å²) in [6, 6.07) is 0. The van der Waals surface area contributed by atoms with Crippen LogP contribution < -0.4 is 0 Å². The van der Waals surface area contributed by atoms with Crippen molar-refractivity contribution in [2.75, 3.05) is 26.5 Å². The second-order valence-corrected chi connectivity index (χ2v) is 6.86. The Morgan fingerprint density at radius 3 is 2.87 bits per heavy atom. The van der Waals surface area contributed by atoms with E-state index in [1.165, 1.54) is 6.66 Å². The fourth-order valence-corrected chi connectivity index (χ4v) is 3.05. The van der Waals surface area contributed by atoms with Crippen LogP contribution in [-0.4, -0.2) is 37.5 Å². The second kappa shape index (κ2) is 5.72. The average molecular weight is 256 g/mol. The lowest BCUT2D eigenvalue weighted by molar-refractivity contribution is 0.0196. The Labute approximate surface area is 91.6 Å². The Morgan fingerprint density at radius 1 is 1.67 bits per heavy atom. The summed E-state index contributed by atoms with van der Waals surface area (Å²) in [5.74, 6) is 0.0501. The van der Waals surface area contributed by atoms with Gasteiger partial charge in [0.2, 0.25) is 0 Å². The van der Waals surface area contributed by atoms with Crippen LogP contribution in [0.4, 0.5) is 0 Å². The van der Waals surface area contributed by atoms with Crippen molar-refractivity contribution in [2.24, 2.45) is 5.92 Å². The molecule has 1 rings (SSSR count).